The van der Waals surface area contributed by atoms with Crippen molar-refractivity contribution in [3.05, 3.63) is 0 Å². The highest BCUT2D eigenvalue weighted by molar-refractivity contribution is 7.52. The molecule has 0 amide bonds. The number of hydrogen-bond donors (Lipinski definition) is 1. The lowest BCUT2D eigenvalue weighted by atomic mass is 10.5. The maximum absolute atomic E-state index is 5.78. The van der Waals surface area contributed by atoms with Crippen LogP contribution in [0.1, 0.15) is 20.8 Å². The molecule has 0 fully saturated rings. The van der Waals surface area contributed by atoms with Crippen molar-refractivity contribution >= 4 is 40.7 Å². The van der Waals surface area contributed by atoms with E-state index in [0.29, 0.717) is 8.73 Å². The lowest BCUT2D eigenvalue weighted by Crippen LogP contribution is -2.10. The normalized spacial score (nSPS) is 14.7. The minimum Gasteiger partial charge on any atom is -0.278 e. The SMILES string of the molecule is CC(C)PNPCC(C)(Cl)Cl. The summed E-state index contributed by atoms with van der Waals surface area (Å²) >= 11 is 11.6. The number of hydrogen-bond acceptors (Lipinski definition) is 1. The molecule has 1 N–H and O–H groups in total. The van der Waals surface area contributed by atoms with E-state index in [1.54, 1.807) is 0 Å². The van der Waals surface area contributed by atoms with Gasteiger partial charge >= 0.3 is 0 Å². The fourth-order valence-electron chi connectivity index (χ4n) is 0.395. The number of alkyl halides is 2. The monoisotopic (exact) mass is 233 g/mol. The minimum absolute atomic E-state index is 0.563. The maximum Gasteiger partial charge on any atom is 0.120 e. The standard InChI is InChI=1S/C6H15Cl2NP2/c1-5(2)11-9-10-4-6(3,7)8/h5,9-11H,4H2,1-3H3. The van der Waals surface area contributed by atoms with E-state index in [9.17, 15) is 0 Å². The molecule has 5 heteroatoms. The summed E-state index contributed by atoms with van der Waals surface area (Å²) in [5.41, 5.74) is 0.722. The number of nitrogens with one attached hydrogen (secondary N) is 1. The van der Waals surface area contributed by atoms with Crippen LogP contribution in [0.15, 0.2) is 0 Å². The zero-order chi connectivity index (χ0) is 8.91. The topological polar surface area (TPSA) is 12.0 Å². The first-order valence-corrected chi connectivity index (χ1v) is 6.57. The first-order chi connectivity index (χ1) is 4.92. The van der Waals surface area contributed by atoms with Crippen molar-refractivity contribution in [1.29, 1.82) is 0 Å². The van der Waals surface area contributed by atoms with Gasteiger partial charge in [0.05, 0.1) is 0 Å². The van der Waals surface area contributed by atoms with E-state index < -0.39 is 4.33 Å². The Kier molecular flexibility index (Phi) is 6.70. The van der Waals surface area contributed by atoms with Gasteiger partial charge in [0.25, 0.3) is 0 Å². The average molecular weight is 234 g/mol. The van der Waals surface area contributed by atoms with Crippen molar-refractivity contribution in [3.63, 3.8) is 0 Å². The zero-order valence-corrected chi connectivity index (χ0v) is 10.6. The summed E-state index contributed by atoms with van der Waals surface area (Å²) in [5, 5.41) is 0. The van der Waals surface area contributed by atoms with Gasteiger partial charge in [0.1, 0.15) is 4.33 Å². The van der Waals surface area contributed by atoms with Crippen molar-refractivity contribution in [1.82, 2.24) is 4.86 Å². The number of halogens is 2. The molecule has 2 atom stereocenters. The van der Waals surface area contributed by atoms with Crippen molar-refractivity contribution in [2.45, 2.75) is 30.8 Å². The van der Waals surface area contributed by atoms with E-state index in [-0.39, 0.29) is 0 Å². The summed E-state index contributed by atoms with van der Waals surface area (Å²) in [6.45, 7) is 6.20. The van der Waals surface area contributed by atoms with Gasteiger partial charge in [0, 0.05) is 6.16 Å². The Morgan fingerprint density at radius 2 is 2.00 bits per heavy atom. The van der Waals surface area contributed by atoms with Gasteiger partial charge in [-0.15, -0.1) is 23.2 Å². The van der Waals surface area contributed by atoms with Crippen molar-refractivity contribution in [2.24, 2.45) is 0 Å². The first-order valence-electron chi connectivity index (χ1n) is 3.53. The van der Waals surface area contributed by atoms with Gasteiger partial charge in [-0.2, -0.15) is 0 Å². The van der Waals surface area contributed by atoms with Crippen LogP contribution in [0.25, 0.3) is 0 Å². The molecule has 0 heterocycles. The summed E-state index contributed by atoms with van der Waals surface area (Å²) in [5.74, 6) is 0. The Bertz CT molecular complexity index is 103. The third-order valence-electron chi connectivity index (χ3n) is 0.848. The highest BCUT2D eigenvalue weighted by Gasteiger charge is 2.14. The molecule has 0 saturated carbocycles. The van der Waals surface area contributed by atoms with Gasteiger partial charge in [-0.05, 0) is 30.0 Å². The summed E-state index contributed by atoms with van der Waals surface area (Å²) in [6, 6.07) is 0. The molecule has 0 aliphatic carbocycles. The summed E-state index contributed by atoms with van der Waals surface area (Å²) in [6.07, 6.45) is 0.829. The maximum atomic E-state index is 5.78. The van der Waals surface area contributed by atoms with Crippen molar-refractivity contribution < 1.29 is 0 Å². The molecule has 0 aromatic heterocycles. The van der Waals surface area contributed by atoms with Crippen LogP contribution in [-0.2, 0) is 0 Å². The van der Waals surface area contributed by atoms with Crippen molar-refractivity contribution in [3.8, 4) is 0 Å². The molecular formula is C6H15Cl2NP2. The summed E-state index contributed by atoms with van der Waals surface area (Å²) < 4.78 is -0.563. The minimum atomic E-state index is -0.563. The van der Waals surface area contributed by atoms with Crippen LogP contribution in [0.5, 0.6) is 0 Å². The molecule has 68 valence electrons. The second-order valence-corrected chi connectivity index (χ2v) is 7.86. The van der Waals surface area contributed by atoms with Crippen LogP contribution in [0, 0.1) is 0 Å². The zero-order valence-electron chi connectivity index (χ0n) is 7.04. The molecule has 0 spiro atoms. The van der Waals surface area contributed by atoms with Gasteiger partial charge in [-0.25, -0.2) is 0 Å². The molecular weight excluding hydrogens is 219 g/mol. The fraction of sp³-hybridized carbons (Fsp3) is 1.00. The molecule has 0 aliphatic rings. The summed E-state index contributed by atoms with van der Waals surface area (Å²) in [4.78, 5) is 3.33. The van der Waals surface area contributed by atoms with E-state index in [4.69, 9.17) is 23.2 Å². The Morgan fingerprint density at radius 3 is 2.36 bits per heavy atom. The molecule has 0 aromatic rings. The predicted molar refractivity (Wildman–Crippen MR) is 59.9 cm³/mol. The van der Waals surface area contributed by atoms with Crippen LogP contribution in [0.4, 0.5) is 0 Å². The Morgan fingerprint density at radius 1 is 1.45 bits per heavy atom. The second kappa shape index (κ2) is 5.95. The van der Waals surface area contributed by atoms with Crippen LogP contribution in [0.3, 0.4) is 0 Å². The Labute approximate surface area is 82.7 Å². The van der Waals surface area contributed by atoms with Crippen LogP contribution >= 0.6 is 40.7 Å². The quantitative estimate of drug-likeness (QED) is 0.437. The smallest absolute Gasteiger partial charge is 0.120 e. The first kappa shape index (κ1) is 12.4. The number of rotatable bonds is 5. The molecule has 0 radical (unpaired) electrons. The van der Waals surface area contributed by atoms with E-state index in [2.05, 4.69) is 18.7 Å². The van der Waals surface area contributed by atoms with Gasteiger partial charge in [0.15, 0.2) is 0 Å². The van der Waals surface area contributed by atoms with E-state index >= 15 is 0 Å². The van der Waals surface area contributed by atoms with Gasteiger partial charge in [0.2, 0.25) is 0 Å². The Balaban J connectivity index is 3.15. The highest BCUT2D eigenvalue weighted by Crippen LogP contribution is 2.29. The van der Waals surface area contributed by atoms with Crippen LogP contribution < -0.4 is 4.86 Å². The predicted octanol–water partition coefficient (Wildman–Crippen LogP) is 3.37. The molecule has 1 nitrogen and oxygen atoms in total. The second-order valence-electron chi connectivity index (χ2n) is 2.85. The van der Waals surface area contributed by atoms with Gasteiger partial charge < -0.3 is 0 Å². The van der Waals surface area contributed by atoms with E-state index in [0.717, 1.165) is 20.6 Å². The third-order valence-corrected chi connectivity index (χ3v) is 4.31. The van der Waals surface area contributed by atoms with Gasteiger partial charge in [-0.3, -0.25) is 4.86 Å². The third kappa shape index (κ3) is 11.4. The molecule has 0 aromatic carbocycles. The molecule has 0 aliphatic heterocycles. The molecule has 2 unspecified atom stereocenters. The van der Waals surface area contributed by atoms with E-state index in [1.165, 1.54) is 0 Å². The lowest BCUT2D eigenvalue weighted by Gasteiger charge is -2.13. The van der Waals surface area contributed by atoms with Gasteiger partial charge in [-0.1, -0.05) is 13.8 Å². The Hall–Kier alpha value is 1.40. The largest absolute Gasteiger partial charge is 0.278 e. The summed E-state index contributed by atoms with van der Waals surface area (Å²) in [7, 11) is 1.49. The molecule has 0 rings (SSSR count). The molecule has 11 heavy (non-hydrogen) atoms. The molecule has 0 saturated heterocycles. The average Bonchev–Trinajstić information content (AvgIpc) is 1.78. The molecule has 0 bridgehead atoms. The lowest BCUT2D eigenvalue weighted by molar-refractivity contribution is 1.00. The van der Waals surface area contributed by atoms with Crippen LogP contribution in [0.2, 0.25) is 0 Å². The van der Waals surface area contributed by atoms with Crippen molar-refractivity contribution in [2.75, 3.05) is 6.16 Å². The van der Waals surface area contributed by atoms with Crippen LogP contribution in [-0.4, -0.2) is 16.2 Å². The van der Waals surface area contributed by atoms with E-state index in [1.807, 2.05) is 6.92 Å². The fourth-order valence-corrected chi connectivity index (χ4v) is 3.02. The highest BCUT2D eigenvalue weighted by atomic mass is 35.5.